The molecule has 0 saturated heterocycles. The molecule has 0 atom stereocenters. The molecule has 0 saturated carbocycles. The largest absolute Gasteiger partial charge is 0.474 e. The highest BCUT2D eigenvalue weighted by Crippen LogP contribution is 2.47. The van der Waals surface area contributed by atoms with Crippen molar-refractivity contribution in [3.63, 3.8) is 0 Å². The molecule has 0 fully saturated rings. The Labute approximate surface area is 60.4 Å². The Morgan fingerprint density at radius 2 is 2.00 bits per heavy atom. The van der Waals surface area contributed by atoms with E-state index in [4.69, 9.17) is 0 Å². The lowest BCUT2D eigenvalue weighted by Crippen LogP contribution is -1.93. The molecule has 0 rings (SSSR count). The maximum atomic E-state index is 11.0. The Hall–Kier alpha value is -0.150. The third-order valence-corrected chi connectivity index (χ3v) is 2.16. The van der Waals surface area contributed by atoms with Gasteiger partial charge in [0.25, 0.3) is 0 Å². The summed E-state index contributed by atoms with van der Waals surface area (Å²) < 4.78 is 24.6. The number of hydrogen-bond donors (Lipinski definition) is 0. The first kappa shape index (κ1) is 9.85. The van der Waals surface area contributed by atoms with Gasteiger partial charge in [-0.05, 0) is 0 Å². The van der Waals surface area contributed by atoms with Gasteiger partial charge in [-0.15, -0.1) is 6.58 Å². The van der Waals surface area contributed by atoms with Gasteiger partial charge in [0, 0.05) is 14.2 Å². The van der Waals surface area contributed by atoms with E-state index in [2.05, 4.69) is 20.2 Å². The zero-order chi connectivity index (χ0) is 8.04. The van der Waals surface area contributed by atoms with Crippen molar-refractivity contribution in [1.82, 2.24) is 0 Å². The second kappa shape index (κ2) is 4.63. The average Bonchev–Trinajstić information content (AvgIpc) is 2.00. The Morgan fingerprint density at radius 1 is 1.50 bits per heavy atom. The van der Waals surface area contributed by atoms with Crippen LogP contribution in [0.4, 0.5) is 0 Å². The zero-order valence-corrected chi connectivity index (χ0v) is 6.97. The zero-order valence-electron chi connectivity index (χ0n) is 6.07. The minimum atomic E-state index is -3.27. The Morgan fingerprint density at radius 3 is 2.30 bits per heavy atom. The van der Waals surface area contributed by atoms with Crippen molar-refractivity contribution < 1.29 is 18.1 Å². The van der Waals surface area contributed by atoms with Crippen LogP contribution in [0.15, 0.2) is 12.7 Å². The monoisotopic (exact) mass is 166 g/mol. The van der Waals surface area contributed by atoms with Crippen molar-refractivity contribution in [1.29, 1.82) is 0 Å². The first-order valence-corrected chi connectivity index (χ1v) is 4.11. The van der Waals surface area contributed by atoms with Crippen molar-refractivity contribution in [3.05, 3.63) is 12.7 Å². The highest BCUT2D eigenvalue weighted by molar-refractivity contribution is 7.48. The molecule has 0 unspecified atom stereocenters. The standard InChI is InChI=1S/C5H11O4P/c1-4-5-9-10(6,7-2)8-3/h4H,1,5H2,2-3H3. The molecular formula is C5H11O4P. The molecule has 0 spiro atoms. The van der Waals surface area contributed by atoms with Crippen molar-refractivity contribution in [2.24, 2.45) is 0 Å². The molecule has 4 nitrogen and oxygen atoms in total. The van der Waals surface area contributed by atoms with Crippen molar-refractivity contribution in [2.45, 2.75) is 0 Å². The average molecular weight is 166 g/mol. The molecule has 0 aliphatic rings. The molecule has 0 aromatic carbocycles. The van der Waals surface area contributed by atoms with Crippen molar-refractivity contribution >= 4 is 7.82 Å². The fourth-order valence-electron chi connectivity index (χ4n) is 0.324. The van der Waals surface area contributed by atoms with Gasteiger partial charge in [0.1, 0.15) is 0 Å². The van der Waals surface area contributed by atoms with Crippen LogP contribution in [0.1, 0.15) is 0 Å². The topological polar surface area (TPSA) is 44.8 Å². The van der Waals surface area contributed by atoms with E-state index in [9.17, 15) is 4.57 Å². The van der Waals surface area contributed by atoms with Gasteiger partial charge in [0.2, 0.25) is 0 Å². The quantitative estimate of drug-likeness (QED) is 0.459. The SMILES string of the molecule is C=CCOP(=O)(OC)OC. The van der Waals surface area contributed by atoms with Gasteiger partial charge >= 0.3 is 7.82 Å². The molecule has 10 heavy (non-hydrogen) atoms. The number of phosphoric acid groups is 1. The molecule has 5 heteroatoms. The fourth-order valence-corrected chi connectivity index (χ4v) is 0.972. The van der Waals surface area contributed by atoms with E-state index in [1.54, 1.807) is 0 Å². The van der Waals surface area contributed by atoms with E-state index in [-0.39, 0.29) is 6.61 Å². The summed E-state index contributed by atoms with van der Waals surface area (Å²) in [5.41, 5.74) is 0. The first-order valence-electron chi connectivity index (χ1n) is 2.65. The third kappa shape index (κ3) is 3.13. The van der Waals surface area contributed by atoms with Crippen LogP contribution in [0.25, 0.3) is 0 Å². The van der Waals surface area contributed by atoms with E-state index in [1.807, 2.05) is 0 Å². The molecule has 0 bridgehead atoms. The second-order valence-corrected chi connectivity index (χ2v) is 3.28. The lowest BCUT2D eigenvalue weighted by molar-refractivity contribution is 0.164. The molecule has 0 amide bonds. The van der Waals surface area contributed by atoms with Crippen LogP contribution in [0, 0.1) is 0 Å². The van der Waals surface area contributed by atoms with E-state index in [0.717, 1.165) is 0 Å². The number of hydrogen-bond acceptors (Lipinski definition) is 4. The molecule has 0 heterocycles. The second-order valence-electron chi connectivity index (χ2n) is 1.40. The summed E-state index contributed by atoms with van der Waals surface area (Å²) >= 11 is 0. The third-order valence-electron chi connectivity index (χ3n) is 0.798. The van der Waals surface area contributed by atoms with E-state index in [0.29, 0.717) is 0 Å². The van der Waals surface area contributed by atoms with E-state index >= 15 is 0 Å². The lowest BCUT2D eigenvalue weighted by atomic mass is 10.7. The summed E-state index contributed by atoms with van der Waals surface area (Å²) in [5.74, 6) is 0. The summed E-state index contributed by atoms with van der Waals surface area (Å²) in [7, 11) is -0.754. The molecule has 0 N–H and O–H groups in total. The van der Waals surface area contributed by atoms with Gasteiger partial charge in [-0.1, -0.05) is 6.08 Å². The van der Waals surface area contributed by atoms with Crippen molar-refractivity contribution in [3.8, 4) is 0 Å². The van der Waals surface area contributed by atoms with Gasteiger partial charge in [-0.25, -0.2) is 4.57 Å². The Bertz CT molecular complexity index is 137. The molecule has 0 aliphatic carbocycles. The van der Waals surface area contributed by atoms with Crippen LogP contribution in [0.3, 0.4) is 0 Å². The lowest BCUT2D eigenvalue weighted by Gasteiger charge is -2.10. The smallest absolute Gasteiger partial charge is 0.290 e. The summed E-state index contributed by atoms with van der Waals surface area (Å²) in [4.78, 5) is 0. The number of phosphoric ester groups is 1. The minimum absolute atomic E-state index is 0.152. The summed E-state index contributed by atoms with van der Waals surface area (Å²) in [6.07, 6.45) is 1.46. The van der Waals surface area contributed by atoms with Crippen LogP contribution < -0.4 is 0 Å². The van der Waals surface area contributed by atoms with Gasteiger partial charge in [0.15, 0.2) is 0 Å². The fraction of sp³-hybridized carbons (Fsp3) is 0.600. The molecule has 0 radical (unpaired) electrons. The van der Waals surface area contributed by atoms with Crippen LogP contribution >= 0.6 is 7.82 Å². The van der Waals surface area contributed by atoms with Crippen LogP contribution in [0.2, 0.25) is 0 Å². The van der Waals surface area contributed by atoms with Gasteiger partial charge in [0.05, 0.1) is 6.61 Å². The predicted octanol–water partition coefficient (Wildman–Crippen LogP) is 1.59. The van der Waals surface area contributed by atoms with Crippen LogP contribution in [0.5, 0.6) is 0 Å². The minimum Gasteiger partial charge on any atom is -0.290 e. The highest BCUT2D eigenvalue weighted by atomic mass is 31.2. The maximum Gasteiger partial charge on any atom is 0.474 e. The van der Waals surface area contributed by atoms with Crippen molar-refractivity contribution in [2.75, 3.05) is 20.8 Å². The number of rotatable bonds is 5. The maximum absolute atomic E-state index is 11.0. The summed E-state index contributed by atoms with van der Waals surface area (Å²) in [6.45, 7) is 3.53. The normalized spacial score (nSPS) is 11.4. The van der Waals surface area contributed by atoms with E-state index in [1.165, 1.54) is 20.3 Å². The van der Waals surface area contributed by atoms with Crippen LogP contribution in [-0.4, -0.2) is 20.8 Å². The molecule has 0 aliphatic heterocycles. The van der Waals surface area contributed by atoms with Gasteiger partial charge in [-0.3, -0.25) is 13.6 Å². The Kier molecular flexibility index (Phi) is 4.56. The molecule has 60 valence electrons. The first-order chi connectivity index (χ1) is 4.68. The molecular weight excluding hydrogens is 155 g/mol. The Balaban J connectivity index is 3.81. The van der Waals surface area contributed by atoms with Gasteiger partial charge < -0.3 is 0 Å². The summed E-state index contributed by atoms with van der Waals surface area (Å²) in [6, 6.07) is 0. The summed E-state index contributed by atoms with van der Waals surface area (Å²) in [5, 5.41) is 0. The van der Waals surface area contributed by atoms with E-state index < -0.39 is 7.82 Å². The molecule has 0 aromatic heterocycles. The van der Waals surface area contributed by atoms with Gasteiger partial charge in [-0.2, -0.15) is 0 Å². The molecule has 0 aromatic rings. The van der Waals surface area contributed by atoms with Crippen LogP contribution in [-0.2, 0) is 18.1 Å². The predicted molar refractivity (Wildman–Crippen MR) is 37.8 cm³/mol. The highest BCUT2D eigenvalue weighted by Gasteiger charge is 2.20.